The van der Waals surface area contributed by atoms with Gasteiger partial charge in [-0.2, -0.15) is 22.9 Å². The third kappa shape index (κ3) is 4.38. The number of rotatable bonds is 1. The average Bonchev–Trinajstić information content (AvgIpc) is 1.35. The summed E-state index contributed by atoms with van der Waals surface area (Å²) < 4.78 is 0. The molecule has 0 aromatic rings. The summed E-state index contributed by atoms with van der Waals surface area (Å²) >= 11 is 10.5. The molecule has 0 fully saturated rings. The van der Waals surface area contributed by atoms with Gasteiger partial charge in [0.25, 0.3) is 0 Å². The van der Waals surface area contributed by atoms with Crippen molar-refractivity contribution in [3.8, 4) is 0 Å². The smallest absolute Gasteiger partial charge is 0.165 e. The lowest BCUT2D eigenvalue weighted by atomic mass is 10.1. The largest absolute Gasteiger partial charge is 0.375 e. The zero-order valence-corrected chi connectivity index (χ0v) is 5.00. The molecule has 0 unspecified atom stereocenters. The molecule has 0 saturated carbocycles. The van der Waals surface area contributed by atoms with E-state index in [0.29, 0.717) is 0 Å². The quantitative estimate of drug-likeness (QED) is 0.468. The molecule has 0 aromatic carbocycles. The van der Waals surface area contributed by atoms with Crippen LogP contribution in [0.15, 0.2) is 12.1 Å². The van der Waals surface area contributed by atoms with E-state index in [9.17, 15) is 0 Å². The van der Waals surface area contributed by atoms with Crippen LogP contribution >= 0.6 is 22.9 Å². The van der Waals surface area contributed by atoms with Crippen LogP contribution in [0.2, 0.25) is 0 Å². The highest BCUT2D eigenvalue weighted by Gasteiger charge is 1.93. The van der Waals surface area contributed by atoms with E-state index >= 15 is 0 Å². The maximum Gasteiger partial charge on any atom is 0.375 e. The van der Waals surface area contributed by atoms with Gasteiger partial charge >= 0.3 is 5.54 Å². The molecule has 0 aliphatic carbocycles. The van der Waals surface area contributed by atoms with Crippen LogP contribution in [0.4, 0.5) is 0 Å². The number of allylic oxidation sites excluding steroid dienone is 1. The van der Waals surface area contributed by atoms with Gasteiger partial charge in [-0.1, -0.05) is 12.1 Å². The summed E-state index contributed by atoms with van der Waals surface area (Å²) in [5, 5.41) is 0. The molecule has 0 atom stereocenters. The van der Waals surface area contributed by atoms with Crippen LogP contribution in [0.3, 0.4) is 0 Å². The van der Waals surface area contributed by atoms with Crippen molar-refractivity contribution in [2.45, 2.75) is 6.92 Å². The van der Waals surface area contributed by atoms with Crippen molar-refractivity contribution in [2.24, 2.45) is 0 Å². The molecule has 0 N–H and O–H groups in total. The van der Waals surface area contributed by atoms with Crippen molar-refractivity contribution in [3.05, 3.63) is 12.1 Å². The van der Waals surface area contributed by atoms with Crippen LogP contribution in [0, 0.1) is 0 Å². The van der Waals surface area contributed by atoms with Gasteiger partial charge in [0.15, 0.2) is 0 Å². The summed E-state index contributed by atoms with van der Waals surface area (Å²) in [6.07, 6.45) is 1.81. The van der Waals surface area contributed by atoms with Gasteiger partial charge in [0.05, 0.1) is 0 Å². The van der Waals surface area contributed by atoms with Crippen molar-refractivity contribution in [1.82, 2.24) is 0 Å². The normalized spacial score (nSPS) is 9.83. The fraction of sp³-hybridized carbons (Fsp3) is 0.333. The Labute approximate surface area is 48.0 Å². The van der Waals surface area contributed by atoms with Crippen molar-refractivity contribution in [2.75, 3.05) is 0 Å². The Balaban J connectivity index is 3.03. The van der Waals surface area contributed by atoms with E-state index < -0.39 is 0 Å². The van der Waals surface area contributed by atoms with Crippen LogP contribution in [0.25, 0.3) is 0 Å². The highest BCUT2D eigenvalue weighted by Crippen LogP contribution is 1.94. The first-order chi connectivity index (χ1) is 2.77. The number of hydrogen-bond donors (Lipinski definition) is 0. The van der Waals surface area contributed by atoms with Crippen molar-refractivity contribution >= 4 is 28.5 Å². The highest BCUT2D eigenvalue weighted by molar-refractivity contribution is 7.36. The molecule has 0 bridgehead atoms. The van der Waals surface area contributed by atoms with E-state index in [2.05, 4.69) is 0 Å². The summed E-state index contributed by atoms with van der Waals surface area (Å²) in [6.45, 7) is 1.87. The predicted octanol–water partition coefficient (Wildman–Crippen LogP) is 2.07. The Hall–Kier alpha value is 0.385. The summed E-state index contributed by atoms with van der Waals surface area (Å²) in [5.41, 5.74) is -0.338. The first-order valence-electron chi connectivity index (χ1n) is 1.68. The lowest BCUT2D eigenvalue weighted by Gasteiger charge is -1.74. The third-order valence-corrected chi connectivity index (χ3v) is 0.629. The zero-order valence-electron chi connectivity index (χ0n) is 3.49. The van der Waals surface area contributed by atoms with E-state index in [1.54, 1.807) is 5.98 Å². The molecular formula is C3H5BCl2. The maximum atomic E-state index is 5.26. The molecule has 0 aromatic heterocycles. The van der Waals surface area contributed by atoms with Crippen molar-refractivity contribution in [1.29, 1.82) is 0 Å². The fourth-order valence-corrected chi connectivity index (χ4v) is 0.436. The Kier molecular flexibility index (Phi) is 3.80. The summed E-state index contributed by atoms with van der Waals surface area (Å²) in [4.78, 5) is 0. The van der Waals surface area contributed by atoms with E-state index in [1.807, 2.05) is 13.0 Å². The monoisotopic (exact) mass is 122 g/mol. The van der Waals surface area contributed by atoms with Gasteiger partial charge < -0.3 is 0 Å². The summed E-state index contributed by atoms with van der Waals surface area (Å²) in [6, 6.07) is 0. The Bertz CT molecular complexity index is 50.8. The molecule has 0 radical (unpaired) electrons. The van der Waals surface area contributed by atoms with Gasteiger partial charge in [-0.3, -0.25) is 0 Å². The molecule has 0 rings (SSSR count). The lowest BCUT2D eigenvalue weighted by Crippen LogP contribution is -1.80. The van der Waals surface area contributed by atoms with Gasteiger partial charge in [0.2, 0.25) is 0 Å². The Morgan fingerprint density at radius 3 is 2.00 bits per heavy atom. The second-order valence-corrected chi connectivity index (χ2v) is 2.02. The van der Waals surface area contributed by atoms with Crippen LogP contribution in [0.1, 0.15) is 6.92 Å². The van der Waals surface area contributed by atoms with Gasteiger partial charge in [0, 0.05) is 0 Å². The Morgan fingerprint density at radius 1 is 1.50 bits per heavy atom. The minimum atomic E-state index is -0.338. The maximum absolute atomic E-state index is 5.26. The van der Waals surface area contributed by atoms with E-state index in [1.165, 1.54) is 0 Å². The minimum Gasteiger partial charge on any atom is -0.165 e. The second kappa shape index (κ2) is 3.57. The molecule has 0 spiro atoms. The first kappa shape index (κ1) is 6.38. The SMILES string of the molecule is C/C=C\B(Cl)Cl. The molecule has 6 heavy (non-hydrogen) atoms. The molecule has 0 aliphatic heterocycles. The average molecular weight is 123 g/mol. The van der Waals surface area contributed by atoms with Crippen molar-refractivity contribution in [3.63, 3.8) is 0 Å². The van der Waals surface area contributed by atoms with Gasteiger partial charge in [-0.25, -0.2) is 0 Å². The molecule has 3 heteroatoms. The minimum absolute atomic E-state index is 0.338. The molecule has 34 valence electrons. The first-order valence-corrected chi connectivity index (χ1v) is 2.55. The highest BCUT2D eigenvalue weighted by atomic mass is 35.5. The van der Waals surface area contributed by atoms with Crippen molar-refractivity contribution < 1.29 is 0 Å². The molecule has 0 nitrogen and oxygen atoms in total. The third-order valence-electron chi connectivity index (χ3n) is 0.338. The van der Waals surface area contributed by atoms with Crippen LogP contribution < -0.4 is 0 Å². The summed E-state index contributed by atoms with van der Waals surface area (Å²) in [5.74, 6) is 1.70. The standard InChI is InChI=1S/C3H5BCl2/c1-2-3-4(5)6/h2-3H,1H3/b3-2-. The molecule has 0 amide bonds. The second-order valence-electron chi connectivity index (χ2n) is 0.860. The fourth-order valence-electron chi connectivity index (χ4n) is 0.145. The number of hydrogen-bond acceptors (Lipinski definition) is 0. The van der Waals surface area contributed by atoms with E-state index in [0.717, 1.165) is 0 Å². The van der Waals surface area contributed by atoms with E-state index in [-0.39, 0.29) is 5.54 Å². The van der Waals surface area contributed by atoms with E-state index in [4.69, 9.17) is 22.9 Å². The van der Waals surface area contributed by atoms with Crippen LogP contribution in [-0.2, 0) is 0 Å². The van der Waals surface area contributed by atoms with Gasteiger partial charge in [0.1, 0.15) is 0 Å². The van der Waals surface area contributed by atoms with Gasteiger partial charge in [-0.15, -0.1) is 0 Å². The lowest BCUT2D eigenvalue weighted by molar-refractivity contribution is 1.78. The Morgan fingerprint density at radius 2 is 2.00 bits per heavy atom. The number of halogens is 2. The predicted molar refractivity (Wildman–Crippen MR) is 32.3 cm³/mol. The molecule has 0 aliphatic rings. The van der Waals surface area contributed by atoms with Crippen LogP contribution in [-0.4, -0.2) is 5.54 Å². The summed E-state index contributed by atoms with van der Waals surface area (Å²) in [7, 11) is 0. The molecule has 0 heterocycles. The molecule has 0 saturated heterocycles. The topological polar surface area (TPSA) is 0 Å². The van der Waals surface area contributed by atoms with Crippen LogP contribution in [0.5, 0.6) is 0 Å². The van der Waals surface area contributed by atoms with Gasteiger partial charge in [-0.05, 0) is 6.92 Å². The molecular weight excluding hydrogens is 118 g/mol. The zero-order chi connectivity index (χ0) is 4.99.